The maximum atomic E-state index is 6.89. The van der Waals surface area contributed by atoms with Gasteiger partial charge in [-0.15, -0.1) is 0 Å². The maximum Gasteiger partial charge on any atom is 0.160 e. The van der Waals surface area contributed by atoms with Gasteiger partial charge in [0.05, 0.1) is 22.4 Å². The van der Waals surface area contributed by atoms with Gasteiger partial charge in [-0.3, -0.25) is 0 Å². The molecule has 290 valence electrons. The van der Waals surface area contributed by atoms with Gasteiger partial charge in [-0.25, -0.2) is 9.97 Å². The Bertz CT molecular complexity index is 3800. The van der Waals surface area contributed by atoms with Gasteiger partial charge in [-0.05, 0) is 42.5 Å². The highest BCUT2D eigenvalue weighted by Crippen LogP contribution is 2.41. The largest absolute Gasteiger partial charge is 0.456 e. The molecule has 0 unspecified atom stereocenters. The standard InChI is InChI=1S/C52H38B6N4O/c53-30-21-36-44-46(57)47(58)45-37-22-31(54)24-39(56)49(37)62(51(45)50(44)61(48(36)38(55)23-30)32-14-8-3-9-15-32)33-17-19-35-34-18-16-29(20-42(34)63-43(35)25-33)41-26-40(27-10-4-1-5-11-27)59-52(60-41)28-12-6-2-7-13-28/h1-26H,53-58H2. The van der Waals surface area contributed by atoms with Gasteiger partial charge in [0.25, 0.3) is 0 Å². The fraction of sp³-hybridized carbons (Fsp3) is 0. The van der Waals surface area contributed by atoms with Crippen molar-refractivity contribution < 1.29 is 4.42 Å². The van der Waals surface area contributed by atoms with Crippen molar-refractivity contribution in [3.05, 3.63) is 158 Å². The second-order valence-electron chi connectivity index (χ2n) is 17.3. The van der Waals surface area contributed by atoms with Gasteiger partial charge in [-0.1, -0.05) is 142 Å². The third-order valence-electron chi connectivity index (χ3n) is 13.2. The number of nitrogens with zero attached hydrogens (tertiary/aromatic N) is 4. The molecule has 0 radical (unpaired) electrons. The van der Waals surface area contributed by atoms with E-state index in [4.69, 9.17) is 14.4 Å². The van der Waals surface area contributed by atoms with Crippen molar-refractivity contribution in [3.63, 3.8) is 0 Å². The van der Waals surface area contributed by atoms with Crippen LogP contribution < -0.4 is 32.8 Å². The summed E-state index contributed by atoms with van der Waals surface area (Å²) in [6.07, 6.45) is 0. The van der Waals surface area contributed by atoms with E-state index in [1.54, 1.807) is 0 Å². The minimum Gasteiger partial charge on any atom is -0.456 e. The van der Waals surface area contributed by atoms with Crippen LogP contribution in [-0.2, 0) is 0 Å². The van der Waals surface area contributed by atoms with Crippen LogP contribution in [0.15, 0.2) is 162 Å². The van der Waals surface area contributed by atoms with E-state index in [-0.39, 0.29) is 0 Å². The zero-order chi connectivity index (χ0) is 42.7. The lowest BCUT2D eigenvalue weighted by atomic mass is 9.74. The Morgan fingerprint density at radius 3 is 1.46 bits per heavy atom. The number of rotatable bonds is 5. The molecule has 0 N–H and O–H groups in total. The van der Waals surface area contributed by atoms with E-state index in [0.29, 0.717) is 5.82 Å². The molecule has 0 aliphatic heterocycles. The third-order valence-corrected chi connectivity index (χ3v) is 13.2. The molecule has 8 aromatic carbocycles. The van der Waals surface area contributed by atoms with E-state index in [1.165, 1.54) is 76.4 Å². The summed E-state index contributed by atoms with van der Waals surface area (Å²) >= 11 is 0. The van der Waals surface area contributed by atoms with E-state index in [2.05, 4.69) is 178 Å². The lowest BCUT2D eigenvalue weighted by Crippen LogP contribution is -2.27. The second-order valence-corrected chi connectivity index (χ2v) is 17.3. The predicted molar refractivity (Wildman–Crippen MR) is 283 cm³/mol. The quantitative estimate of drug-likeness (QED) is 0.252. The predicted octanol–water partition coefficient (Wildman–Crippen LogP) is 3.12. The van der Waals surface area contributed by atoms with E-state index in [1.807, 2.05) is 36.4 Å². The fourth-order valence-electron chi connectivity index (χ4n) is 10.4. The number of aromatic nitrogens is 4. The first-order chi connectivity index (χ1) is 30.7. The topological polar surface area (TPSA) is 48.8 Å². The van der Waals surface area contributed by atoms with Gasteiger partial charge in [-0.2, -0.15) is 0 Å². The molecule has 11 heteroatoms. The number of hydrogen-bond donors (Lipinski definition) is 0. The van der Waals surface area contributed by atoms with Crippen LogP contribution in [0, 0.1) is 0 Å². The van der Waals surface area contributed by atoms with Crippen molar-refractivity contribution in [2.45, 2.75) is 0 Å². The summed E-state index contributed by atoms with van der Waals surface area (Å²) in [4.78, 5) is 10.1. The lowest BCUT2D eigenvalue weighted by Gasteiger charge is -2.15. The first-order valence-electron chi connectivity index (χ1n) is 21.7. The molecule has 0 spiro atoms. The minimum absolute atomic E-state index is 0.689. The lowest BCUT2D eigenvalue weighted by molar-refractivity contribution is 0.669. The fourth-order valence-corrected chi connectivity index (χ4v) is 10.4. The van der Waals surface area contributed by atoms with Crippen LogP contribution >= 0.6 is 0 Å². The van der Waals surface area contributed by atoms with Gasteiger partial charge in [0.1, 0.15) is 58.2 Å². The van der Waals surface area contributed by atoms with Gasteiger partial charge >= 0.3 is 0 Å². The van der Waals surface area contributed by atoms with Crippen molar-refractivity contribution in [2.24, 2.45) is 0 Å². The molecular weight excluding hydrogens is 761 g/mol. The van der Waals surface area contributed by atoms with E-state index >= 15 is 0 Å². The Morgan fingerprint density at radius 2 is 0.873 bits per heavy atom. The molecule has 5 nitrogen and oxygen atoms in total. The van der Waals surface area contributed by atoms with E-state index < -0.39 is 0 Å². The molecule has 0 bridgehead atoms. The molecule has 12 rings (SSSR count). The highest BCUT2D eigenvalue weighted by Gasteiger charge is 2.26. The molecule has 0 aliphatic rings. The zero-order valence-electron chi connectivity index (χ0n) is 36.2. The summed E-state index contributed by atoms with van der Waals surface area (Å²) in [6.45, 7) is 0. The van der Waals surface area contributed by atoms with Crippen molar-refractivity contribution in [3.8, 4) is 45.3 Å². The molecule has 0 saturated carbocycles. The zero-order valence-corrected chi connectivity index (χ0v) is 36.2. The minimum atomic E-state index is 0.689. The molecular formula is C52H38B6N4O. The van der Waals surface area contributed by atoms with Gasteiger partial charge < -0.3 is 13.6 Å². The van der Waals surface area contributed by atoms with Crippen molar-refractivity contribution in [1.82, 2.24) is 19.1 Å². The molecule has 0 amide bonds. The molecule has 0 atom stereocenters. The highest BCUT2D eigenvalue weighted by molar-refractivity contribution is 6.61. The molecule has 4 heterocycles. The Morgan fingerprint density at radius 1 is 0.381 bits per heavy atom. The SMILES string of the molecule is Bc1cc(B)c2c(c1)c1c(B)c(B)c3c4cc(B)cc(B)c4n(-c4ccc5c(c4)oc4cc(-c6cc(-c7ccccc7)nc(-c7ccccc7)n6)ccc45)c3c1n2-c1ccccc1. The number of hydrogen-bond acceptors (Lipinski definition) is 3. The van der Waals surface area contributed by atoms with Gasteiger partial charge in [0, 0.05) is 77.5 Å². The van der Waals surface area contributed by atoms with Crippen molar-refractivity contribution >= 4 is 145 Å². The Hall–Kier alpha value is -7.37. The van der Waals surface area contributed by atoms with Crippen LogP contribution in [0.25, 0.3) is 111 Å². The number of benzene rings is 8. The van der Waals surface area contributed by atoms with Crippen molar-refractivity contribution in [1.29, 1.82) is 0 Å². The summed E-state index contributed by atoms with van der Waals surface area (Å²) in [5, 5.41) is 7.30. The summed E-state index contributed by atoms with van der Waals surface area (Å²) < 4.78 is 11.9. The van der Waals surface area contributed by atoms with Gasteiger partial charge in [0.15, 0.2) is 5.82 Å². The summed E-state index contributed by atoms with van der Waals surface area (Å²) in [5.41, 5.74) is 21.1. The Kier molecular flexibility index (Phi) is 8.36. The van der Waals surface area contributed by atoms with Crippen molar-refractivity contribution in [2.75, 3.05) is 0 Å². The molecule has 12 aromatic rings. The summed E-state index contributed by atoms with van der Waals surface area (Å²) in [5.74, 6) is 0.689. The smallest absolute Gasteiger partial charge is 0.160 e. The molecule has 63 heavy (non-hydrogen) atoms. The number of para-hydroxylation sites is 1. The average Bonchev–Trinajstić information content (AvgIpc) is 3.96. The summed E-state index contributed by atoms with van der Waals surface area (Å²) in [6, 6.07) is 56.1. The van der Waals surface area contributed by atoms with Crippen LogP contribution in [-0.4, -0.2) is 66.2 Å². The maximum absolute atomic E-state index is 6.89. The molecule has 0 fully saturated rings. The van der Waals surface area contributed by atoms with Crippen LogP contribution in [0.3, 0.4) is 0 Å². The molecule has 0 saturated heterocycles. The van der Waals surface area contributed by atoms with E-state index in [0.717, 1.165) is 61.4 Å². The number of furan rings is 1. The molecule has 4 aromatic heterocycles. The van der Waals surface area contributed by atoms with Crippen LogP contribution in [0.1, 0.15) is 0 Å². The summed E-state index contributed by atoms with van der Waals surface area (Å²) in [7, 11) is 13.6. The third kappa shape index (κ3) is 5.72. The average molecular weight is 800 g/mol. The van der Waals surface area contributed by atoms with E-state index in [9.17, 15) is 0 Å². The first-order valence-corrected chi connectivity index (χ1v) is 21.7. The van der Waals surface area contributed by atoms with Crippen LogP contribution in [0.2, 0.25) is 0 Å². The first kappa shape index (κ1) is 37.4. The Labute approximate surface area is 370 Å². The monoisotopic (exact) mass is 800 g/mol. The highest BCUT2D eigenvalue weighted by atomic mass is 16.3. The Balaban J connectivity index is 1.12. The molecule has 0 aliphatic carbocycles. The van der Waals surface area contributed by atoms with Crippen LogP contribution in [0.4, 0.5) is 0 Å². The van der Waals surface area contributed by atoms with Crippen LogP contribution in [0.5, 0.6) is 0 Å². The normalized spacial score (nSPS) is 11.9. The second kappa shape index (κ2) is 14.1. The number of fused-ring (bicyclic) bond motifs is 10. The van der Waals surface area contributed by atoms with Gasteiger partial charge in [0.2, 0.25) is 0 Å².